The Bertz CT molecular complexity index is 875. The first-order valence-corrected chi connectivity index (χ1v) is 11.1. The van der Waals surface area contributed by atoms with E-state index in [1.54, 1.807) is 6.92 Å². The lowest BCUT2D eigenvalue weighted by Gasteiger charge is -2.34. The van der Waals surface area contributed by atoms with Crippen LogP contribution in [0.25, 0.3) is 11.0 Å². The number of carbonyl (C=O) groups excluding carboxylic acids is 1. The Morgan fingerprint density at radius 3 is 2.66 bits per heavy atom. The first kappa shape index (κ1) is 20.0. The molecular weight excluding hydrogens is 360 g/mol. The Morgan fingerprint density at radius 1 is 1.14 bits per heavy atom. The van der Waals surface area contributed by atoms with Gasteiger partial charge < -0.3 is 14.6 Å². The van der Waals surface area contributed by atoms with Crippen molar-refractivity contribution in [3.63, 3.8) is 0 Å². The van der Waals surface area contributed by atoms with E-state index in [2.05, 4.69) is 40.3 Å². The van der Waals surface area contributed by atoms with Crippen molar-refractivity contribution in [2.75, 3.05) is 19.6 Å². The van der Waals surface area contributed by atoms with Crippen LogP contribution in [0.1, 0.15) is 63.4 Å². The monoisotopic (exact) mass is 392 g/mol. The predicted octanol–water partition coefficient (Wildman–Crippen LogP) is 4.70. The second-order valence-corrected chi connectivity index (χ2v) is 8.66. The highest BCUT2D eigenvalue weighted by Gasteiger charge is 2.25. The number of furan rings is 1. The van der Waals surface area contributed by atoms with E-state index in [4.69, 9.17) is 4.42 Å². The van der Waals surface area contributed by atoms with Crippen LogP contribution in [0.3, 0.4) is 0 Å². The molecule has 1 aromatic heterocycles. The number of nitrogens with one attached hydrogen (secondary N) is 1. The lowest BCUT2D eigenvalue weighted by Crippen LogP contribution is -2.38. The first-order valence-electron chi connectivity index (χ1n) is 11.1. The van der Waals surface area contributed by atoms with Crippen molar-refractivity contribution in [2.24, 2.45) is 5.92 Å². The minimum Gasteiger partial charge on any atom is -0.464 e. The Kier molecular flexibility index (Phi) is 6.56. The molecule has 1 aliphatic carbocycles. The summed E-state index contributed by atoms with van der Waals surface area (Å²) in [6, 6.07) is 8.71. The number of hydrogen-bond acceptors (Lipinski definition) is 3. The molecule has 0 bridgehead atoms. The van der Waals surface area contributed by atoms with Gasteiger partial charge in [0.15, 0.2) is 0 Å². The number of likely N-dealkylation sites (tertiary alicyclic amines) is 1. The molecule has 2 aromatic rings. The second kappa shape index (κ2) is 9.50. The van der Waals surface area contributed by atoms with Crippen LogP contribution in [0.4, 0.5) is 0 Å². The number of carbonyl (C=O) groups is 1. The van der Waals surface area contributed by atoms with Crippen LogP contribution < -0.4 is 5.32 Å². The summed E-state index contributed by atoms with van der Waals surface area (Å²) >= 11 is 0. The quantitative estimate of drug-likeness (QED) is 0.750. The number of rotatable bonds is 5. The molecule has 154 valence electrons. The van der Waals surface area contributed by atoms with Gasteiger partial charge in [-0.3, -0.25) is 4.79 Å². The Labute approximate surface area is 174 Å². The Hall–Kier alpha value is -2.25. The highest BCUT2D eigenvalue weighted by atomic mass is 16.3. The molecular formula is C25H32N2O2. The van der Waals surface area contributed by atoms with Crippen LogP contribution in [-0.2, 0) is 4.79 Å². The summed E-state index contributed by atoms with van der Waals surface area (Å²) in [5, 5.41) is 4.34. The third kappa shape index (κ3) is 5.03. The van der Waals surface area contributed by atoms with Crippen molar-refractivity contribution in [1.29, 1.82) is 0 Å². The Balaban J connectivity index is 1.18. The van der Waals surface area contributed by atoms with E-state index in [0.29, 0.717) is 12.0 Å². The zero-order valence-corrected chi connectivity index (χ0v) is 17.5. The lowest BCUT2D eigenvalue weighted by atomic mass is 9.83. The van der Waals surface area contributed by atoms with Gasteiger partial charge in [0.25, 0.3) is 5.91 Å². The molecule has 1 aromatic carbocycles. The van der Waals surface area contributed by atoms with E-state index in [1.807, 2.05) is 12.3 Å². The molecule has 0 spiro atoms. The van der Waals surface area contributed by atoms with Crippen molar-refractivity contribution in [2.45, 2.75) is 63.8 Å². The SMILES string of the molecule is CC#CC(=O)N[C@H]1CC[C@H](CCN2CCC(c3coc4ccccc34)CC2)CC1. The van der Waals surface area contributed by atoms with Gasteiger partial charge in [-0.25, -0.2) is 0 Å². The minimum absolute atomic E-state index is 0.121. The molecule has 4 rings (SSSR count). The van der Waals surface area contributed by atoms with Crippen LogP contribution in [-0.4, -0.2) is 36.5 Å². The van der Waals surface area contributed by atoms with Gasteiger partial charge in [0.1, 0.15) is 5.58 Å². The fourth-order valence-corrected chi connectivity index (χ4v) is 5.08. The number of fused-ring (bicyclic) bond motifs is 1. The minimum atomic E-state index is -0.121. The van der Waals surface area contributed by atoms with E-state index in [0.717, 1.165) is 24.3 Å². The summed E-state index contributed by atoms with van der Waals surface area (Å²) in [4.78, 5) is 14.3. The van der Waals surface area contributed by atoms with Gasteiger partial charge in [-0.1, -0.05) is 24.1 Å². The van der Waals surface area contributed by atoms with Gasteiger partial charge >= 0.3 is 0 Å². The smallest absolute Gasteiger partial charge is 0.296 e. The molecule has 4 heteroatoms. The molecule has 0 unspecified atom stereocenters. The topological polar surface area (TPSA) is 45.5 Å². The van der Waals surface area contributed by atoms with Crippen molar-refractivity contribution in [1.82, 2.24) is 10.2 Å². The average molecular weight is 393 g/mol. The zero-order chi connectivity index (χ0) is 20.1. The van der Waals surface area contributed by atoms with Crippen LogP contribution in [0, 0.1) is 17.8 Å². The highest BCUT2D eigenvalue weighted by Crippen LogP contribution is 2.35. The van der Waals surface area contributed by atoms with Crippen LogP contribution >= 0.6 is 0 Å². The molecule has 1 saturated carbocycles. The molecule has 4 nitrogen and oxygen atoms in total. The fourth-order valence-electron chi connectivity index (χ4n) is 5.08. The molecule has 2 heterocycles. The summed E-state index contributed by atoms with van der Waals surface area (Å²) in [7, 11) is 0. The van der Waals surface area contributed by atoms with Crippen LogP contribution in [0.15, 0.2) is 34.9 Å². The molecule has 2 aliphatic rings. The van der Waals surface area contributed by atoms with E-state index < -0.39 is 0 Å². The number of benzene rings is 1. The van der Waals surface area contributed by atoms with Crippen molar-refractivity contribution in [3.05, 3.63) is 36.1 Å². The standard InChI is InChI=1S/C25H32N2O2/c1-2-5-25(28)26-21-10-8-19(9-11-21)12-15-27-16-13-20(14-17-27)23-18-29-24-7-4-3-6-22(23)24/h3-4,6-7,18-21H,8-17H2,1H3,(H,26,28)/t19-,21-. The fraction of sp³-hybridized carbons (Fsp3) is 0.560. The molecule has 29 heavy (non-hydrogen) atoms. The third-order valence-electron chi connectivity index (χ3n) is 6.81. The number of piperidine rings is 1. The maximum Gasteiger partial charge on any atom is 0.296 e. The van der Waals surface area contributed by atoms with Crippen molar-refractivity contribution >= 4 is 16.9 Å². The van der Waals surface area contributed by atoms with Gasteiger partial charge in [0, 0.05) is 17.0 Å². The summed E-state index contributed by atoms with van der Waals surface area (Å²) < 4.78 is 5.75. The normalized spacial score (nSPS) is 23.5. The second-order valence-electron chi connectivity index (χ2n) is 8.66. The molecule has 0 atom stereocenters. The van der Waals surface area contributed by atoms with Crippen molar-refractivity contribution in [3.8, 4) is 11.8 Å². The highest BCUT2D eigenvalue weighted by molar-refractivity contribution is 5.93. The number of amides is 1. The predicted molar refractivity (Wildman–Crippen MR) is 117 cm³/mol. The summed E-state index contributed by atoms with van der Waals surface area (Å²) in [5.74, 6) is 6.56. The van der Waals surface area contributed by atoms with Crippen LogP contribution in [0.2, 0.25) is 0 Å². The van der Waals surface area contributed by atoms with Crippen molar-refractivity contribution < 1.29 is 9.21 Å². The maximum atomic E-state index is 11.6. The number of hydrogen-bond donors (Lipinski definition) is 1. The maximum absolute atomic E-state index is 11.6. The van der Waals surface area contributed by atoms with Gasteiger partial charge in [-0.05, 0) is 95.3 Å². The average Bonchev–Trinajstić information content (AvgIpc) is 3.18. The molecule has 1 aliphatic heterocycles. The zero-order valence-electron chi connectivity index (χ0n) is 17.5. The summed E-state index contributed by atoms with van der Waals surface area (Å²) in [6.45, 7) is 5.29. The molecule has 1 saturated heterocycles. The van der Waals surface area contributed by atoms with Gasteiger partial charge in [0.05, 0.1) is 6.26 Å². The van der Waals surface area contributed by atoms with Crippen LogP contribution in [0.5, 0.6) is 0 Å². The van der Waals surface area contributed by atoms with E-state index in [-0.39, 0.29) is 5.91 Å². The third-order valence-corrected chi connectivity index (χ3v) is 6.81. The molecule has 0 radical (unpaired) electrons. The van der Waals surface area contributed by atoms with Gasteiger partial charge in [-0.15, -0.1) is 0 Å². The number of nitrogens with zero attached hydrogens (tertiary/aromatic N) is 1. The summed E-state index contributed by atoms with van der Waals surface area (Å²) in [6.07, 6.45) is 10.4. The molecule has 1 amide bonds. The van der Waals surface area contributed by atoms with E-state index >= 15 is 0 Å². The lowest BCUT2D eigenvalue weighted by molar-refractivity contribution is -0.116. The first-order chi connectivity index (χ1) is 14.2. The van der Waals surface area contributed by atoms with E-state index in [9.17, 15) is 4.79 Å². The van der Waals surface area contributed by atoms with E-state index in [1.165, 1.54) is 62.7 Å². The summed E-state index contributed by atoms with van der Waals surface area (Å²) in [5.41, 5.74) is 2.41. The largest absolute Gasteiger partial charge is 0.464 e. The number of para-hydroxylation sites is 1. The van der Waals surface area contributed by atoms with Gasteiger partial charge in [0.2, 0.25) is 0 Å². The van der Waals surface area contributed by atoms with Gasteiger partial charge in [-0.2, -0.15) is 0 Å². The molecule has 1 N–H and O–H groups in total. The molecule has 2 fully saturated rings. The Morgan fingerprint density at radius 2 is 1.90 bits per heavy atom.